The molecule has 1 saturated heterocycles. The first-order valence-corrected chi connectivity index (χ1v) is 12.0. The SMILES string of the molecule is COc1cc2ncnc(Nc3cccc(Cl)c3F)c2cc1OC1CCC(N2CC[C@H](O)C2)CC1. The Labute approximate surface area is 202 Å². The number of hydrogen-bond donors (Lipinski definition) is 2. The molecule has 0 unspecified atom stereocenters. The molecule has 5 rings (SSSR count). The van der Waals surface area contributed by atoms with Crippen LogP contribution in [0, 0.1) is 5.82 Å². The zero-order chi connectivity index (χ0) is 23.7. The number of anilines is 2. The van der Waals surface area contributed by atoms with Gasteiger partial charge in [0, 0.05) is 30.6 Å². The van der Waals surface area contributed by atoms with E-state index in [1.54, 1.807) is 19.2 Å². The first-order chi connectivity index (χ1) is 16.5. The van der Waals surface area contributed by atoms with E-state index in [-0.39, 0.29) is 22.9 Å². The maximum Gasteiger partial charge on any atom is 0.165 e. The van der Waals surface area contributed by atoms with E-state index in [1.165, 1.54) is 12.4 Å². The van der Waals surface area contributed by atoms with Gasteiger partial charge in [0.05, 0.1) is 35.5 Å². The van der Waals surface area contributed by atoms with Crippen molar-refractivity contribution in [3.05, 3.63) is 47.5 Å². The van der Waals surface area contributed by atoms with Crippen LogP contribution in [-0.4, -0.2) is 58.4 Å². The minimum atomic E-state index is -0.539. The fourth-order valence-electron chi connectivity index (χ4n) is 4.95. The minimum Gasteiger partial charge on any atom is -0.493 e. The average Bonchev–Trinajstić information content (AvgIpc) is 3.28. The van der Waals surface area contributed by atoms with Gasteiger partial charge in [-0.2, -0.15) is 0 Å². The lowest BCUT2D eigenvalue weighted by Gasteiger charge is -2.34. The molecule has 2 aliphatic rings. The summed E-state index contributed by atoms with van der Waals surface area (Å²) in [7, 11) is 1.60. The zero-order valence-corrected chi connectivity index (χ0v) is 19.8. The van der Waals surface area contributed by atoms with E-state index in [2.05, 4.69) is 20.2 Å². The molecule has 1 saturated carbocycles. The Bertz CT molecular complexity index is 1170. The second kappa shape index (κ2) is 9.90. The van der Waals surface area contributed by atoms with Crippen molar-refractivity contribution in [3.63, 3.8) is 0 Å². The van der Waals surface area contributed by atoms with Crippen LogP contribution < -0.4 is 14.8 Å². The second-order valence-electron chi connectivity index (χ2n) is 8.95. The van der Waals surface area contributed by atoms with Crippen LogP contribution in [0.2, 0.25) is 5.02 Å². The van der Waals surface area contributed by atoms with E-state index in [9.17, 15) is 9.50 Å². The molecule has 1 atom stereocenters. The number of aliphatic hydroxyl groups excluding tert-OH is 1. The fourth-order valence-corrected chi connectivity index (χ4v) is 5.13. The van der Waals surface area contributed by atoms with Crippen molar-refractivity contribution >= 4 is 34.0 Å². The van der Waals surface area contributed by atoms with Gasteiger partial charge in [-0.25, -0.2) is 14.4 Å². The number of rotatable bonds is 6. The Hall–Kier alpha value is -2.68. The number of benzene rings is 2. The smallest absolute Gasteiger partial charge is 0.165 e. The quantitative estimate of drug-likeness (QED) is 0.511. The maximum atomic E-state index is 14.5. The number of nitrogens with zero attached hydrogens (tertiary/aromatic N) is 3. The van der Waals surface area contributed by atoms with Crippen molar-refractivity contribution in [1.82, 2.24) is 14.9 Å². The lowest BCUT2D eigenvalue weighted by molar-refractivity contribution is 0.0887. The van der Waals surface area contributed by atoms with Crippen LogP contribution in [0.3, 0.4) is 0 Å². The van der Waals surface area contributed by atoms with Gasteiger partial charge in [0.15, 0.2) is 17.3 Å². The summed E-state index contributed by atoms with van der Waals surface area (Å²) in [5.41, 5.74) is 0.886. The normalized spacial score (nSPS) is 23.2. The average molecular weight is 487 g/mol. The summed E-state index contributed by atoms with van der Waals surface area (Å²) in [6.07, 6.45) is 6.11. The van der Waals surface area contributed by atoms with Crippen molar-refractivity contribution < 1.29 is 19.0 Å². The number of aliphatic hydroxyl groups is 1. The molecule has 1 aromatic heterocycles. The summed E-state index contributed by atoms with van der Waals surface area (Å²) in [5, 5.41) is 13.6. The summed E-state index contributed by atoms with van der Waals surface area (Å²) in [5.74, 6) is 1.12. The lowest BCUT2D eigenvalue weighted by Crippen LogP contribution is -2.39. The van der Waals surface area contributed by atoms with Crippen LogP contribution in [0.5, 0.6) is 11.5 Å². The van der Waals surface area contributed by atoms with Crippen LogP contribution in [0.25, 0.3) is 10.9 Å². The number of methoxy groups -OCH3 is 1. The Balaban J connectivity index is 1.36. The number of β-amino-alcohol motifs (C(OH)–C–C–N with tert-alkyl or cyclic N) is 1. The van der Waals surface area contributed by atoms with Gasteiger partial charge < -0.3 is 19.9 Å². The standard InChI is InChI=1S/C25H28ClFN4O3/c1-33-22-12-21-18(25(29-14-28-21)30-20-4-2-3-19(26)24(20)27)11-23(22)34-17-7-5-15(6-8-17)31-10-9-16(32)13-31/h2-4,11-12,14-17,32H,5-10,13H2,1H3,(H,28,29,30)/t15?,16-,17?/m0/s1. The predicted molar refractivity (Wildman–Crippen MR) is 130 cm³/mol. The lowest BCUT2D eigenvalue weighted by atomic mass is 9.92. The number of fused-ring (bicyclic) bond motifs is 1. The first-order valence-electron chi connectivity index (χ1n) is 11.6. The molecular weight excluding hydrogens is 459 g/mol. The number of nitrogens with one attached hydrogen (secondary N) is 1. The summed E-state index contributed by atoms with van der Waals surface area (Å²) >= 11 is 5.93. The van der Waals surface area contributed by atoms with Crippen LogP contribution >= 0.6 is 11.6 Å². The summed E-state index contributed by atoms with van der Waals surface area (Å²) in [6, 6.07) is 8.94. The summed E-state index contributed by atoms with van der Waals surface area (Å²) in [4.78, 5) is 11.1. The molecule has 0 bridgehead atoms. The van der Waals surface area contributed by atoms with E-state index < -0.39 is 5.82 Å². The Kier molecular flexibility index (Phi) is 6.72. The van der Waals surface area contributed by atoms with E-state index >= 15 is 0 Å². The van der Waals surface area contributed by atoms with Crippen LogP contribution in [-0.2, 0) is 0 Å². The Morgan fingerprint density at radius 1 is 1.12 bits per heavy atom. The number of hydrogen-bond acceptors (Lipinski definition) is 7. The highest BCUT2D eigenvalue weighted by Crippen LogP contribution is 2.38. The third kappa shape index (κ3) is 4.76. The van der Waals surface area contributed by atoms with Gasteiger partial charge in [-0.05, 0) is 50.3 Å². The van der Waals surface area contributed by atoms with E-state index in [4.69, 9.17) is 21.1 Å². The van der Waals surface area contributed by atoms with Crippen molar-refractivity contribution in [3.8, 4) is 11.5 Å². The number of halogens is 2. The molecule has 2 fully saturated rings. The third-order valence-corrected chi connectivity index (χ3v) is 7.07. The first kappa shape index (κ1) is 23.1. The highest BCUT2D eigenvalue weighted by Gasteiger charge is 2.31. The molecule has 2 heterocycles. The molecule has 2 N–H and O–H groups in total. The van der Waals surface area contributed by atoms with Crippen molar-refractivity contribution in [2.45, 2.75) is 50.4 Å². The monoisotopic (exact) mass is 486 g/mol. The van der Waals surface area contributed by atoms with Crippen LogP contribution in [0.4, 0.5) is 15.9 Å². The molecule has 9 heteroatoms. The third-order valence-electron chi connectivity index (χ3n) is 6.77. The highest BCUT2D eigenvalue weighted by molar-refractivity contribution is 6.31. The Morgan fingerprint density at radius 2 is 1.94 bits per heavy atom. The molecule has 1 aliphatic carbocycles. The van der Waals surface area contributed by atoms with Gasteiger partial charge in [-0.1, -0.05) is 17.7 Å². The fraction of sp³-hybridized carbons (Fsp3) is 0.440. The molecule has 34 heavy (non-hydrogen) atoms. The molecule has 0 amide bonds. The largest absolute Gasteiger partial charge is 0.493 e. The van der Waals surface area contributed by atoms with Crippen LogP contribution in [0.15, 0.2) is 36.7 Å². The molecule has 3 aromatic rings. The van der Waals surface area contributed by atoms with Crippen molar-refractivity contribution in [2.75, 3.05) is 25.5 Å². The summed E-state index contributed by atoms with van der Waals surface area (Å²) < 4.78 is 26.4. The van der Waals surface area contributed by atoms with E-state index in [0.29, 0.717) is 34.3 Å². The number of aromatic nitrogens is 2. The van der Waals surface area contributed by atoms with E-state index in [1.807, 2.05) is 12.1 Å². The molecule has 180 valence electrons. The highest BCUT2D eigenvalue weighted by atomic mass is 35.5. The van der Waals surface area contributed by atoms with Crippen molar-refractivity contribution in [1.29, 1.82) is 0 Å². The van der Waals surface area contributed by atoms with Crippen molar-refractivity contribution in [2.24, 2.45) is 0 Å². The molecule has 0 spiro atoms. The van der Waals surface area contributed by atoms with Gasteiger partial charge in [-0.3, -0.25) is 4.90 Å². The molecule has 2 aromatic carbocycles. The minimum absolute atomic E-state index is 0.0353. The zero-order valence-electron chi connectivity index (χ0n) is 19.0. The topological polar surface area (TPSA) is 79.7 Å². The van der Waals surface area contributed by atoms with Gasteiger partial charge in [0.25, 0.3) is 0 Å². The number of likely N-dealkylation sites (tertiary alicyclic amines) is 1. The molecule has 1 aliphatic heterocycles. The van der Waals surface area contributed by atoms with Gasteiger partial charge in [0.2, 0.25) is 0 Å². The Morgan fingerprint density at radius 3 is 2.68 bits per heavy atom. The summed E-state index contributed by atoms with van der Waals surface area (Å²) in [6.45, 7) is 1.75. The van der Waals surface area contributed by atoms with Gasteiger partial charge in [-0.15, -0.1) is 0 Å². The predicted octanol–water partition coefficient (Wildman–Crippen LogP) is 4.93. The van der Waals surface area contributed by atoms with E-state index in [0.717, 1.165) is 45.2 Å². The number of ether oxygens (including phenoxy) is 2. The maximum absolute atomic E-state index is 14.5. The second-order valence-corrected chi connectivity index (χ2v) is 9.36. The van der Waals surface area contributed by atoms with Gasteiger partial charge >= 0.3 is 0 Å². The van der Waals surface area contributed by atoms with Crippen LogP contribution in [0.1, 0.15) is 32.1 Å². The molecular formula is C25H28ClFN4O3. The molecule has 7 nitrogen and oxygen atoms in total. The van der Waals surface area contributed by atoms with Gasteiger partial charge in [0.1, 0.15) is 12.1 Å². The molecule has 0 radical (unpaired) electrons.